The van der Waals surface area contributed by atoms with Crippen LogP contribution in [0.3, 0.4) is 0 Å². The lowest BCUT2D eigenvalue weighted by atomic mass is 9.81. The summed E-state index contributed by atoms with van der Waals surface area (Å²) < 4.78 is 70.7. The van der Waals surface area contributed by atoms with Crippen molar-refractivity contribution in [2.45, 2.75) is 67.5 Å². The van der Waals surface area contributed by atoms with Gasteiger partial charge in [0.05, 0.1) is 28.5 Å². The van der Waals surface area contributed by atoms with E-state index in [4.69, 9.17) is 4.74 Å². The molecule has 1 saturated heterocycles. The van der Waals surface area contributed by atoms with Gasteiger partial charge in [-0.2, -0.15) is 13.2 Å². The number of ether oxygens (including phenoxy) is 1. The third kappa shape index (κ3) is 6.90. The number of aromatic nitrogens is 1. The lowest BCUT2D eigenvalue weighted by Crippen LogP contribution is -2.45. The molecule has 1 aromatic carbocycles. The Hall–Kier alpha value is -2.10. The van der Waals surface area contributed by atoms with Gasteiger partial charge in [-0.15, -0.1) is 11.3 Å². The maximum Gasteiger partial charge on any atom is 0.416 e. The quantitative estimate of drug-likeness (QED) is 0.420. The highest BCUT2D eigenvalue weighted by Gasteiger charge is 2.40. The first-order chi connectivity index (χ1) is 17.9. The standard InChI is InChI=1S/C24H31F3N4O5S2/c1-36-15-22-28-12-20(37-22)23(33)8-5-18(6-9-23)31-10-7-17(14-31)30-21(32)13-29-38(34,35)19-4-2-3-16(11-19)24(25,26)27/h2-4,11-12,17-18,29,33H,5-10,13-15H2,1H3,(H,30,32)/t17-,18?,23?/m1/s1. The number of nitrogens with one attached hydrogen (secondary N) is 2. The van der Waals surface area contributed by atoms with Crippen LogP contribution in [0.2, 0.25) is 0 Å². The molecule has 9 nitrogen and oxygen atoms in total. The number of methoxy groups -OCH3 is 1. The molecule has 2 fully saturated rings. The van der Waals surface area contributed by atoms with Crippen molar-refractivity contribution >= 4 is 27.3 Å². The van der Waals surface area contributed by atoms with E-state index in [0.717, 1.165) is 47.5 Å². The Labute approximate surface area is 223 Å². The smallest absolute Gasteiger partial charge is 0.384 e. The van der Waals surface area contributed by atoms with Crippen molar-refractivity contribution in [3.63, 3.8) is 0 Å². The van der Waals surface area contributed by atoms with Crippen molar-refractivity contribution in [1.82, 2.24) is 19.9 Å². The van der Waals surface area contributed by atoms with Crippen LogP contribution >= 0.6 is 11.3 Å². The van der Waals surface area contributed by atoms with Crippen molar-refractivity contribution in [3.05, 3.63) is 45.9 Å². The van der Waals surface area contributed by atoms with Crippen molar-refractivity contribution in [2.75, 3.05) is 26.7 Å². The zero-order chi connectivity index (χ0) is 27.6. The second-order valence-electron chi connectivity index (χ2n) is 9.71. The van der Waals surface area contributed by atoms with E-state index in [0.29, 0.717) is 38.5 Å². The highest BCUT2D eigenvalue weighted by Crippen LogP contribution is 2.41. The Bertz CT molecular complexity index is 1230. The molecule has 3 N–H and O–H groups in total. The predicted octanol–water partition coefficient (Wildman–Crippen LogP) is 2.61. The van der Waals surface area contributed by atoms with Gasteiger partial charge >= 0.3 is 6.18 Å². The first-order valence-corrected chi connectivity index (χ1v) is 14.6. The Morgan fingerprint density at radius 3 is 2.71 bits per heavy atom. The third-order valence-corrected chi connectivity index (χ3v) is 9.62. The van der Waals surface area contributed by atoms with Gasteiger partial charge in [-0.25, -0.2) is 18.1 Å². The van der Waals surface area contributed by atoms with Crippen LogP contribution in [0, 0.1) is 0 Å². The van der Waals surface area contributed by atoms with E-state index in [1.54, 1.807) is 13.3 Å². The number of halogens is 3. The first kappa shape index (κ1) is 28.9. The Balaban J connectivity index is 1.24. The lowest BCUT2D eigenvalue weighted by Gasteiger charge is -2.39. The van der Waals surface area contributed by atoms with Crippen LogP contribution in [-0.4, -0.2) is 68.1 Å². The fourth-order valence-corrected chi connectivity index (χ4v) is 7.07. The zero-order valence-electron chi connectivity index (χ0n) is 20.8. The molecular formula is C24H31F3N4O5S2. The van der Waals surface area contributed by atoms with Gasteiger partial charge in [0.15, 0.2) is 0 Å². The SMILES string of the molecule is COCc1ncc(C2(O)CCC(N3CC[C@@H](NC(=O)CNS(=O)(=O)c4cccc(C(F)(F)F)c4)C3)CC2)s1. The number of sulfonamides is 1. The number of thiazole rings is 1. The van der Waals surface area contributed by atoms with Crippen LogP contribution in [0.25, 0.3) is 0 Å². The molecule has 1 atom stereocenters. The normalized spacial score (nSPS) is 25.0. The summed E-state index contributed by atoms with van der Waals surface area (Å²) in [7, 11) is -2.69. The summed E-state index contributed by atoms with van der Waals surface area (Å²) in [6.45, 7) is 1.21. The van der Waals surface area contributed by atoms with Crippen LogP contribution in [0.4, 0.5) is 13.2 Å². The number of rotatable bonds is 9. The van der Waals surface area contributed by atoms with E-state index >= 15 is 0 Å². The molecule has 0 radical (unpaired) electrons. The number of hydrogen-bond donors (Lipinski definition) is 3. The maximum atomic E-state index is 12.9. The molecule has 1 aliphatic heterocycles. The van der Waals surface area contributed by atoms with Gasteiger partial charge in [0.25, 0.3) is 0 Å². The maximum absolute atomic E-state index is 12.9. The largest absolute Gasteiger partial charge is 0.416 e. The van der Waals surface area contributed by atoms with Crippen LogP contribution in [0.1, 0.15) is 47.6 Å². The first-order valence-electron chi connectivity index (χ1n) is 12.3. The van der Waals surface area contributed by atoms with Crippen LogP contribution in [0.15, 0.2) is 35.4 Å². The second-order valence-corrected chi connectivity index (χ2v) is 12.6. The molecule has 0 unspecified atom stereocenters. The fraction of sp³-hybridized carbons (Fsp3) is 0.583. The van der Waals surface area contributed by atoms with Gasteiger partial charge in [0.1, 0.15) is 10.6 Å². The molecule has 2 heterocycles. The van der Waals surface area contributed by atoms with E-state index in [1.165, 1.54) is 11.3 Å². The number of carbonyl (C=O) groups excluding carboxylic acids is 1. The lowest BCUT2D eigenvalue weighted by molar-refractivity contribution is -0.137. The fourth-order valence-electron chi connectivity index (χ4n) is 5.01. The summed E-state index contributed by atoms with van der Waals surface area (Å²) in [6.07, 6.45) is 0.554. The molecule has 1 aliphatic carbocycles. The van der Waals surface area contributed by atoms with E-state index < -0.39 is 44.7 Å². The molecule has 2 aromatic rings. The summed E-state index contributed by atoms with van der Waals surface area (Å²) in [5, 5.41) is 14.8. The number of alkyl halides is 3. The highest BCUT2D eigenvalue weighted by atomic mass is 32.2. The summed E-state index contributed by atoms with van der Waals surface area (Å²) in [5.41, 5.74) is -1.98. The Morgan fingerprint density at radius 2 is 2.03 bits per heavy atom. The van der Waals surface area contributed by atoms with Gasteiger partial charge in [-0.05, 0) is 50.3 Å². The molecule has 4 rings (SSSR count). The van der Waals surface area contributed by atoms with Gasteiger partial charge in [0, 0.05) is 38.5 Å². The minimum atomic E-state index is -4.68. The van der Waals surface area contributed by atoms with Crippen molar-refractivity contribution in [1.29, 1.82) is 0 Å². The van der Waals surface area contributed by atoms with Gasteiger partial charge in [-0.1, -0.05) is 6.07 Å². The number of hydrogen-bond acceptors (Lipinski definition) is 8. The minimum Gasteiger partial charge on any atom is -0.384 e. The van der Waals surface area contributed by atoms with Crippen molar-refractivity contribution < 1.29 is 36.2 Å². The number of likely N-dealkylation sites (tertiary alicyclic amines) is 1. The highest BCUT2D eigenvalue weighted by molar-refractivity contribution is 7.89. The summed E-state index contributed by atoms with van der Waals surface area (Å²) >= 11 is 1.46. The average Bonchev–Trinajstić information content (AvgIpc) is 3.54. The summed E-state index contributed by atoms with van der Waals surface area (Å²) in [6, 6.07) is 3.47. The monoisotopic (exact) mass is 576 g/mol. The molecule has 1 amide bonds. The van der Waals surface area contributed by atoms with E-state index in [2.05, 4.69) is 19.9 Å². The Kier molecular flexibility index (Phi) is 8.79. The Morgan fingerprint density at radius 1 is 1.29 bits per heavy atom. The summed E-state index contributed by atoms with van der Waals surface area (Å²) in [4.78, 5) is 19.3. The van der Waals surface area contributed by atoms with Gasteiger partial charge in [0.2, 0.25) is 15.9 Å². The zero-order valence-corrected chi connectivity index (χ0v) is 22.5. The molecule has 1 saturated carbocycles. The molecule has 38 heavy (non-hydrogen) atoms. The van der Waals surface area contributed by atoms with Crippen molar-refractivity contribution in [3.8, 4) is 0 Å². The van der Waals surface area contributed by atoms with Crippen LogP contribution < -0.4 is 10.0 Å². The minimum absolute atomic E-state index is 0.167. The molecule has 210 valence electrons. The molecule has 0 spiro atoms. The molecule has 2 aliphatic rings. The number of aliphatic hydroxyl groups is 1. The van der Waals surface area contributed by atoms with E-state index in [9.17, 15) is 31.5 Å². The molecular weight excluding hydrogens is 545 g/mol. The van der Waals surface area contributed by atoms with Crippen molar-refractivity contribution in [2.24, 2.45) is 0 Å². The summed E-state index contributed by atoms with van der Waals surface area (Å²) in [5.74, 6) is -0.553. The molecule has 14 heteroatoms. The molecule has 1 aromatic heterocycles. The third-order valence-electron chi connectivity index (χ3n) is 7.06. The number of nitrogens with zero attached hydrogens (tertiary/aromatic N) is 2. The van der Waals surface area contributed by atoms with E-state index in [1.807, 2.05) is 0 Å². The predicted molar refractivity (Wildman–Crippen MR) is 134 cm³/mol. The second kappa shape index (κ2) is 11.6. The van der Waals surface area contributed by atoms with Crippen LogP contribution in [-0.2, 0) is 37.9 Å². The topological polar surface area (TPSA) is 121 Å². The van der Waals surface area contributed by atoms with Crippen LogP contribution in [0.5, 0.6) is 0 Å². The number of amides is 1. The van der Waals surface area contributed by atoms with Gasteiger partial charge < -0.3 is 15.2 Å². The van der Waals surface area contributed by atoms with E-state index in [-0.39, 0.29) is 12.1 Å². The average molecular weight is 577 g/mol. The molecule has 0 bridgehead atoms. The van der Waals surface area contributed by atoms with Gasteiger partial charge in [-0.3, -0.25) is 9.69 Å². The number of benzene rings is 1. The number of carbonyl (C=O) groups is 1.